The van der Waals surface area contributed by atoms with Gasteiger partial charge in [-0.2, -0.15) is 0 Å². The van der Waals surface area contributed by atoms with Crippen molar-refractivity contribution in [1.82, 2.24) is 9.97 Å². The molecule has 0 aliphatic heterocycles. The predicted molar refractivity (Wildman–Crippen MR) is 74.0 cm³/mol. The van der Waals surface area contributed by atoms with Gasteiger partial charge in [-0.25, -0.2) is 0 Å². The Kier molecular flexibility index (Phi) is 2.82. The minimum atomic E-state index is -0.0784. The fourth-order valence-electron chi connectivity index (χ4n) is 1.81. The molecule has 0 aliphatic carbocycles. The average Bonchev–Trinajstić information content (AvgIpc) is 2.85. The predicted octanol–water partition coefficient (Wildman–Crippen LogP) is 2.60. The number of H-pyrrole nitrogens is 1. The molecule has 4 nitrogen and oxygen atoms in total. The summed E-state index contributed by atoms with van der Waals surface area (Å²) in [5.41, 5.74) is 2.93. The summed E-state index contributed by atoms with van der Waals surface area (Å²) in [6, 6.07) is 7.44. The molecule has 3 aromatic rings. The number of anilines is 1. The van der Waals surface area contributed by atoms with Gasteiger partial charge >= 0.3 is 0 Å². The fraction of sp³-hybridized carbons (Fsp3) is 0.0769. The molecule has 3 heterocycles. The number of aromatic amines is 1. The number of nitrogens with one attached hydrogen (secondary N) is 2. The van der Waals surface area contributed by atoms with Gasteiger partial charge < -0.3 is 10.3 Å². The lowest BCUT2D eigenvalue weighted by Crippen LogP contribution is -2.07. The van der Waals surface area contributed by atoms with Crippen LogP contribution >= 0.6 is 11.3 Å². The molecule has 0 aliphatic rings. The van der Waals surface area contributed by atoms with E-state index in [9.17, 15) is 4.79 Å². The van der Waals surface area contributed by atoms with E-state index in [2.05, 4.69) is 15.3 Å². The molecule has 0 fully saturated rings. The number of fused-ring (bicyclic) bond motifs is 1. The van der Waals surface area contributed by atoms with Crippen LogP contribution in [0.15, 0.2) is 46.8 Å². The van der Waals surface area contributed by atoms with Gasteiger partial charge in [0.05, 0.1) is 15.9 Å². The van der Waals surface area contributed by atoms with Gasteiger partial charge in [0.2, 0.25) is 5.56 Å². The number of pyridine rings is 2. The van der Waals surface area contributed by atoms with Crippen molar-refractivity contribution in [1.29, 1.82) is 0 Å². The van der Waals surface area contributed by atoms with Crippen LogP contribution in [0, 0.1) is 0 Å². The van der Waals surface area contributed by atoms with Gasteiger partial charge in [0.25, 0.3) is 0 Å². The van der Waals surface area contributed by atoms with E-state index in [1.54, 1.807) is 29.8 Å². The van der Waals surface area contributed by atoms with Crippen molar-refractivity contribution in [3.8, 4) is 0 Å². The van der Waals surface area contributed by atoms with Crippen LogP contribution in [0.3, 0.4) is 0 Å². The summed E-state index contributed by atoms with van der Waals surface area (Å²) >= 11 is 1.66. The van der Waals surface area contributed by atoms with Gasteiger partial charge in [0.15, 0.2) is 0 Å². The van der Waals surface area contributed by atoms with Crippen LogP contribution in [0.1, 0.15) is 5.56 Å². The maximum absolute atomic E-state index is 11.2. The zero-order valence-electron chi connectivity index (χ0n) is 9.51. The smallest absolute Gasteiger partial charge is 0.248 e. The van der Waals surface area contributed by atoms with E-state index in [1.807, 2.05) is 23.6 Å². The van der Waals surface area contributed by atoms with Crippen molar-refractivity contribution >= 4 is 27.2 Å². The van der Waals surface area contributed by atoms with E-state index >= 15 is 0 Å². The maximum atomic E-state index is 11.2. The summed E-state index contributed by atoms with van der Waals surface area (Å²) in [6.07, 6.45) is 3.45. The normalized spacial score (nSPS) is 10.7. The molecule has 0 saturated heterocycles. The molecule has 18 heavy (non-hydrogen) atoms. The SMILES string of the molecule is O=c1cc(CNc2ccnc3ccsc23)cc[nH]1. The highest BCUT2D eigenvalue weighted by Crippen LogP contribution is 2.26. The fourth-order valence-corrected chi connectivity index (χ4v) is 2.65. The molecule has 0 radical (unpaired) electrons. The molecule has 5 heteroatoms. The number of rotatable bonds is 3. The van der Waals surface area contributed by atoms with E-state index in [1.165, 1.54) is 0 Å². The first-order valence-electron chi connectivity index (χ1n) is 5.56. The Hall–Kier alpha value is -2.14. The summed E-state index contributed by atoms with van der Waals surface area (Å²) in [7, 11) is 0. The first-order chi connectivity index (χ1) is 8.83. The van der Waals surface area contributed by atoms with Crippen molar-refractivity contribution in [2.45, 2.75) is 6.54 Å². The summed E-state index contributed by atoms with van der Waals surface area (Å²) in [5.74, 6) is 0. The van der Waals surface area contributed by atoms with Crippen LogP contribution in [-0.2, 0) is 6.54 Å². The van der Waals surface area contributed by atoms with Crippen molar-refractivity contribution < 1.29 is 0 Å². The lowest BCUT2D eigenvalue weighted by atomic mass is 10.2. The first-order valence-corrected chi connectivity index (χ1v) is 6.44. The van der Waals surface area contributed by atoms with Gasteiger partial charge in [-0.05, 0) is 29.1 Å². The van der Waals surface area contributed by atoms with Gasteiger partial charge in [-0.1, -0.05) is 0 Å². The molecule has 0 bridgehead atoms. The van der Waals surface area contributed by atoms with Gasteiger partial charge in [-0.3, -0.25) is 9.78 Å². The van der Waals surface area contributed by atoms with Gasteiger partial charge in [0.1, 0.15) is 0 Å². The average molecular weight is 257 g/mol. The molecular formula is C13H11N3OS. The third-order valence-corrected chi connectivity index (χ3v) is 3.60. The largest absolute Gasteiger partial charge is 0.380 e. The number of thiophene rings is 1. The van der Waals surface area contributed by atoms with Crippen molar-refractivity contribution in [3.05, 3.63) is 58.0 Å². The van der Waals surface area contributed by atoms with E-state index in [0.29, 0.717) is 6.54 Å². The molecule has 0 unspecified atom stereocenters. The van der Waals surface area contributed by atoms with Crippen LogP contribution < -0.4 is 10.9 Å². The van der Waals surface area contributed by atoms with Crippen LogP contribution in [0.2, 0.25) is 0 Å². The summed E-state index contributed by atoms with van der Waals surface area (Å²) < 4.78 is 1.14. The maximum Gasteiger partial charge on any atom is 0.248 e. The zero-order valence-corrected chi connectivity index (χ0v) is 10.3. The highest BCUT2D eigenvalue weighted by molar-refractivity contribution is 7.17. The number of nitrogens with zero attached hydrogens (tertiary/aromatic N) is 1. The Balaban J connectivity index is 1.85. The topological polar surface area (TPSA) is 57.8 Å². The highest BCUT2D eigenvalue weighted by atomic mass is 32.1. The summed E-state index contributed by atoms with van der Waals surface area (Å²) in [6.45, 7) is 0.626. The Bertz CT molecular complexity index is 732. The molecule has 0 saturated carbocycles. The van der Waals surface area contributed by atoms with Crippen molar-refractivity contribution in [3.63, 3.8) is 0 Å². The van der Waals surface area contributed by atoms with Crippen LogP contribution in [0.4, 0.5) is 5.69 Å². The van der Waals surface area contributed by atoms with Crippen molar-refractivity contribution in [2.75, 3.05) is 5.32 Å². The van der Waals surface area contributed by atoms with Gasteiger partial charge in [-0.15, -0.1) is 11.3 Å². The number of hydrogen-bond acceptors (Lipinski definition) is 4. The Morgan fingerprint density at radius 2 is 2.28 bits per heavy atom. The second kappa shape index (κ2) is 4.62. The Morgan fingerprint density at radius 1 is 1.33 bits per heavy atom. The quantitative estimate of drug-likeness (QED) is 0.758. The third-order valence-electron chi connectivity index (χ3n) is 2.67. The summed E-state index contributed by atoms with van der Waals surface area (Å²) in [4.78, 5) is 18.1. The Morgan fingerprint density at radius 3 is 3.17 bits per heavy atom. The molecule has 0 aromatic carbocycles. The number of hydrogen-bond donors (Lipinski definition) is 2. The lowest BCUT2D eigenvalue weighted by molar-refractivity contribution is 1.11. The third kappa shape index (κ3) is 2.12. The van der Waals surface area contributed by atoms with Crippen LogP contribution in [0.25, 0.3) is 10.2 Å². The zero-order chi connectivity index (χ0) is 12.4. The molecule has 0 amide bonds. The van der Waals surface area contributed by atoms with Crippen LogP contribution in [0.5, 0.6) is 0 Å². The van der Waals surface area contributed by atoms with Crippen molar-refractivity contribution in [2.24, 2.45) is 0 Å². The molecule has 3 aromatic heterocycles. The molecule has 0 atom stereocenters. The Labute approximate surface area is 107 Å². The lowest BCUT2D eigenvalue weighted by Gasteiger charge is -2.06. The molecule has 90 valence electrons. The number of aromatic nitrogens is 2. The standard InChI is InChI=1S/C13H11N3OS/c17-12-7-9(1-4-15-12)8-16-10-2-5-14-11-3-6-18-13(10)11/h1-7H,8H2,(H,14,16)(H,15,17). The highest BCUT2D eigenvalue weighted by Gasteiger charge is 2.02. The van der Waals surface area contributed by atoms with E-state index in [0.717, 1.165) is 21.5 Å². The monoisotopic (exact) mass is 257 g/mol. The second-order valence-electron chi connectivity index (χ2n) is 3.91. The molecular weight excluding hydrogens is 246 g/mol. The second-order valence-corrected chi connectivity index (χ2v) is 4.82. The van der Waals surface area contributed by atoms with Gasteiger partial charge in [0, 0.05) is 25.0 Å². The van der Waals surface area contributed by atoms with Crippen LogP contribution in [-0.4, -0.2) is 9.97 Å². The van der Waals surface area contributed by atoms with E-state index in [4.69, 9.17) is 0 Å². The van der Waals surface area contributed by atoms with E-state index < -0.39 is 0 Å². The molecule has 0 spiro atoms. The molecule has 3 rings (SSSR count). The minimum Gasteiger partial charge on any atom is -0.380 e. The summed E-state index contributed by atoms with van der Waals surface area (Å²) in [5, 5.41) is 5.36. The van der Waals surface area contributed by atoms with E-state index in [-0.39, 0.29) is 5.56 Å². The minimum absolute atomic E-state index is 0.0784. The first kappa shape index (κ1) is 11.0. The molecule has 2 N–H and O–H groups in total.